The molecule has 0 bridgehead atoms. The standard InChI is InChI=1S/C35H37Cl2N7O5/c1-48-29-14-28(40-16-21(29)18-44-13-11-23(45)19-44)34(47)42-27-5-3-4-25(31(27)36)33-32(37)24(10-12-39-33)26-8-6-20(35(43-26)49-2)15-38-17-22-7-9-30(46)41-22/h3-6,8,10,12,14,16,22-23,38,45H,7,9,11,13,15,17-19H2,1-2H3,(H,41,46)(H,42,47). The van der Waals surface area contributed by atoms with E-state index in [1.165, 1.54) is 0 Å². The van der Waals surface area contributed by atoms with Crippen LogP contribution in [0.5, 0.6) is 11.6 Å². The quantitative estimate of drug-likeness (QED) is 0.163. The average Bonchev–Trinajstić information content (AvgIpc) is 3.72. The lowest BCUT2D eigenvalue weighted by Crippen LogP contribution is -2.35. The van der Waals surface area contributed by atoms with Gasteiger partial charge in [0.15, 0.2) is 0 Å². The first-order valence-electron chi connectivity index (χ1n) is 16.0. The van der Waals surface area contributed by atoms with Crippen molar-refractivity contribution in [1.82, 2.24) is 30.5 Å². The van der Waals surface area contributed by atoms with E-state index < -0.39 is 5.91 Å². The number of β-amino-alcohol motifs (C(OH)–C–C–N with tert-alkyl or cyclic N) is 1. The molecule has 3 aromatic heterocycles. The van der Waals surface area contributed by atoms with Gasteiger partial charge in [0.1, 0.15) is 11.4 Å². The molecule has 2 amide bonds. The fraction of sp³-hybridized carbons (Fsp3) is 0.343. The molecule has 256 valence electrons. The number of carbonyl (C=O) groups is 2. The average molecular weight is 707 g/mol. The van der Waals surface area contributed by atoms with Crippen molar-refractivity contribution in [1.29, 1.82) is 0 Å². The Balaban J connectivity index is 1.18. The second kappa shape index (κ2) is 15.5. The lowest BCUT2D eigenvalue weighted by Gasteiger charge is -2.17. The lowest BCUT2D eigenvalue weighted by atomic mass is 10.1. The third-order valence-corrected chi connectivity index (χ3v) is 9.42. The fourth-order valence-corrected chi connectivity index (χ4v) is 6.64. The van der Waals surface area contributed by atoms with Gasteiger partial charge in [0.05, 0.1) is 47.4 Å². The number of rotatable bonds is 12. The third-order valence-electron chi connectivity index (χ3n) is 8.63. The van der Waals surface area contributed by atoms with Crippen LogP contribution in [0.3, 0.4) is 0 Å². The number of halogens is 2. The van der Waals surface area contributed by atoms with E-state index in [4.69, 9.17) is 37.7 Å². The van der Waals surface area contributed by atoms with E-state index in [9.17, 15) is 14.7 Å². The van der Waals surface area contributed by atoms with Gasteiger partial charge in [-0.15, -0.1) is 0 Å². The van der Waals surface area contributed by atoms with Crippen molar-refractivity contribution in [3.63, 3.8) is 0 Å². The van der Waals surface area contributed by atoms with Crippen molar-refractivity contribution < 1.29 is 24.2 Å². The van der Waals surface area contributed by atoms with Crippen LogP contribution in [-0.4, -0.2) is 82.8 Å². The van der Waals surface area contributed by atoms with Gasteiger partial charge in [0.2, 0.25) is 11.8 Å². The van der Waals surface area contributed by atoms with Crippen LogP contribution in [0, 0.1) is 0 Å². The summed E-state index contributed by atoms with van der Waals surface area (Å²) in [5, 5.41) is 19.6. The summed E-state index contributed by atoms with van der Waals surface area (Å²) in [4.78, 5) is 40.5. The third kappa shape index (κ3) is 7.95. The molecule has 2 atom stereocenters. The zero-order valence-electron chi connectivity index (χ0n) is 27.1. The lowest BCUT2D eigenvalue weighted by molar-refractivity contribution is -0.119. The number of aliphatic hydroxyl groups is 1. The van der Waals surface area contributed by atoms with E-state index in [1.807, 2.05) is 12.1 Å². The molecule has 49 heavy (non-hydrogen) atoms. The largest absolute Gasteiger partial charge is 0.496 e. The van der Waals surface area contributed by atoms with Gasteiger partial charge in [0.25, 0.3) is 5.91 Å². The first kappa shape index (κ1) is 34.5. The fourth-order valence-electron chi connectivity index (χ4n) is 6.06. The number of aliphatic hydroxyl groups excluding tert-OH is 1. The number of nitrogens with zero attached hydrogens (tertiary/aromatic N) is 4. The van der Waals surface area contributed by atoms with E-state index >= 15 is 0 Å². The van der Waals surface area contributed by atoms with Crippen LogP contribution in [0.4, 0.5) is 5.69 Å². The monoisotopic (exact) mass is 705 g/mol. The van der Waals surface area contributed by atoms with Crippen LogP contribution in [0.25, 0.3) is 22.5 Å². The topological polar surface area (TPSA) is 151 Å². The van der Waals surface area contributed by atoms with Crippen LogP contribution in [-0.2, 0) is 17.9 Å². The molecule has 0 aliphatic carbocycles. The minimum absolute atomic E-state index is 0.0812. The molecule has 6 rings (SSSR count). The molecule has 2 aliphatic heterocycles. The highest BCUT2D eigenvalue weighted by molar-refractivity contribution is 6.39. The number of ether oxygens (including phenoxy) is 2. The SMILES string of the molecule is COc1cc(C(=O)Nc2cccc(-c3nccc(-c4ccc(CNCC5CCC(=O)N5)c(OC)n4)c3Cl)c2Cl)ncc1CN1CCC(O)C1. The highest BCUT2D eigenvalue weighted by atomic mass is 35.5. The number of methoxy groups -OCH3 is 2. The number of hydrogen-bond acceptors (Lipinski definition) is 10. The van der Waals surface area contributed by atoms with Crippen molar-refractivity contribution in [2.75, 3.05) is 39.2 Å². The molecule has 0 spiro atoms. The second-order valence-electron chi connectivity index (χ2n) is 12.0. The van der Waals surface area contributed by atoms with Crippen LogP contribution in [0.2, 0.25) is 10.0 Å². The molecule has 2 saturated heterocycles. The molecule has 4 aromatic rings. The predicted molar refractivity (Wildman–Crippen MR) is 187 cm³/mol. The summed E-state index contributed by atoms with van der Waals surface area (Å²) in [6.45, 7) is 3.09. The smallest absolute Gasteiger partial charge is 0.274 e. The molecule has 14 heteroatoms. The van der Waals surface area contributed by atoms with Gasteiger partial charge in [-0.1, -0.05) is 41.4 Å². The molecule has 12 nitrogen and oxygen atoms in total. The van der Waals surface area contributed by atoms with Crippen LogP contribution in [0.1, 0.15) is 40.9 Å². The number of benzene rings is 1. The maximum Gasteiger partial charge on any atom is 0.274 e. The normalized spacial score (nSPS) is 17.6. The van der Waals surface area contributed by atoms with Gasteiger partial charge in [0, 0.05) is 85.9 Å². The Morgan fingerprint density at radius 1 is 1.06 bits per heavy atom. The molecule has 2 unspecified atom stereocenters. The highest BCUT2D eigenvalue weighted by Gasteiger charge is 2.24. The summed E-state index contributed by atoms with van der Waals surface area (Å²) >= 11 is 13.8. The number of aromatic nitrogens is 3. The van der Waals surface area contributed by atoms with Crippen molar-refractivity contribution in [3.8, 4) is 34.1 Å². The van der Waals surface area contributed by atoms with Gasteiger partial charge >= 0.3 is 0 Å². The minimum Gasteiger partial charge on any atom is -0.496 e. The summed E-state index contributed by atoms with van der Waals surface area (Å²) in [5.74, 6) is 0.596. The van der Waals surface area contributed by atoms with Crippen molar-refractivity contribution in [2.45, 2.75) is 44.5 Å². The summed E-state index contributed by atoms with van der Waals surface area (Å²) in [6, 6.07) is 12.5. The Hall–Kier alpha value is -4.33. The molecular weight excluding hydrogens is 669 g/mol. The maximum atomic E-state index is 13.3. The van der Waals surface area contributed by atoms with Gasteiger partial charge in [-0.3, -0.25) is 24.5 Å². The molecule has 4 N–H and O–H groups in total. The Bertz CT molecular complexity index is 1860. The van der Waals surface area contributed by atoms with E-state index in [0.29, 0.717) is 77.5 Å². The highest BCUT2D eigenvalue weighted by Crippen LogP contribution is 2.40. The first-order chi connectivity index (χ1) is 23.7. The Kier molecular flexibility index (Phi) is 10.9. The number of pyridine rings is 3. The summed E-state index contributed by atoms with van der Waals surface area (Å²) in [6.07, 6.45) is 5.00. The molecule has 0 radical (unpaired) electrons. The van der Waals surface area contributed by atoms with E-state index in [-0.39, 0.29) is 28.8 Å². The molecule has 2 aliphatic rings. The van der Waals surface area contributed by atoms with E-state index in [0.717, 1.165) is 30.5 Å². The van der Waals surface area contributed by atoms with Crippen LogP contribution < -0.4 is 25.4 Å². The number of nitrogens with one attached hydrogen (secondary N) is 3. The summed E-state index contributed by atoms with van der Waals surface area (Å²) in [7, 11) is 3.11. The predicted octanol–water partition coefficient (Wildman–Crippen LogP) is 4.72. The van der Waals surface area contributed by atoms with E-state index in [2.05, 4.69) is 30.8 Å². The van der Waals surface area contributed by atoms with Gasteiger partial charge < -0.3 is 30.5 Å². The second-order valence-corrected chi connectivity index (χ2v) is 12.8. The van der Waals surface area contributed by atoms with Crippen molar-refractivity contribution in [2.24, 2.45) is 0 Å². The Morgan fingerprint density at radius 2 is 1.92 bits per heavy atom. The van der Waals surface area contributed by atoms with Crippen LogP contribution in [0.15, 0.2) is 54.9 Å². The maximum absolute atomic E-state index is 13.3. The number of hydrogen-bond donors (Lipinski definition) is 4. The number of carbonyl (C=O) groups excluding carboxylic acids is 2. The molecule has 0 saturated carbocycles. The molecular formula is C35H37Cl2N7O5. The van der Waals surface area contributed by atoms with Crippen molar-refractivity contribution in [3.05, 3.63) is 81.7 Å². The molecule has 2 fully saturated rings. The summed E-state index contributed by atoms with van der Waals surface area (Å²) < 4.78 is 11.2. The zero-order valence-corrected chi connectivity index (χ0v) is 28.6. The molecule has 5 heterocycles. The van der Waals surface area contributed by atoms with E-state index in [1.54, 1.807) is 56.9 Å². The van der Waals surface area contributed by atoms with Crippen molar-refractivity contribution >= 4 is 40.7 Å². The number of likely N-dealkylation sites (tertiary alicyclic amines) is 1. The zero-order chi connectivity index (χ0) is 34.5. The number of anilines is 1. The Labute approximate surface area is 294 Å². The first-order valence-corrected chi connectivity index (χ1v) is 16.7. The molecule has 1 aromatic carbocycles. The van der Waals surface area contributed by atoms with Gasteiger partial charge in [-0.2, -0.15) is 0 Å². The van der Waals surface area contributed by atoms with Crippen LogP contribution >= 0.6 is 23.2 Å². The summed E-state index contributed by atoms with van der Waals surface area (Å²) in [5.41, 5.74) is 4.35. The minimum atomic E-state index is -0.466. The van der Waals surface area contributed by atoms with Gasteiger partial charge in [-0.25, -0.2) is 4.98 Å². The van der Waals surface area contributed by atoms with Gasteiger partial charge in [-0.05, 0) is 31.0 Å². The Morgan fingerprint density at radius 3 is 2.65 bits per heavy atom. The number of amides is 2.